The summed E-state index contributed by atoms with van der Waals surface area (Å²) < 4.78 is 0. The molecular weight excluding hydrogens is 220 g/mol. The molecule has 1 unspecified atom stereocenters. The standard InChI is InChI=1S/C16H36N2/c1-7-15(8-2)12-18(11-5)14-16(6,9-3)13-17-10-4/h15,17H,7-14H2,1-6H3. The van der Waals surface area contributed by atoms with Gasteiger partial charge in [0.05, 0.1) is 0 Å². The first kappa shape index (κ1) is 17.9. The third-order valence-corrected chi connectivity index (χ3v) is 4.38. The van der Waals surface area contributed by atoms with Gasteiger partial charge in [-0.3, -0.25) is 0 Å². The van der Waals surface area contributed by atoms with Crippen molar-refractivity contribution in [1.82, 2.24) is 10.2 Å². The average Bonchev–Trinajstić information content (AvgIpc) is 2.41. The van der Waals surface area contributed by atoms with Gasteiger partial charge in [-0.05, 0) is 30.8 Å². The van der Waals surface area contributed by atoms with Crippen molar-refractivity contribution in [3.63, 3.8) is 0 Å². The lowest BCUT2D eigenvalue weighted by atomic mass is 9.86. The van der Waals surface area contributed by atoms with E-state index < -0.39 is 0 Å². The average molecular weight is 256 g/mol. The molecule has 1 N–H and O–H groups in total. The van der Waals surface area contributed by atoms with Gasteiger partial charge in [0.1, 0.15) is 0 Å². The SMILES string of the molecule is CCNCC(C)(CC)CN(CC)CC(CC)CC. The Bertz CT molecular complexity index is 190. The van der Waals surface area contributed by atoms with Gasteiger partial charge in [-0.1, -0.05) is 54.4 Å². The molecule has 2 nitrogen and oxygen atoms in total. The van der Waals surface area contributed by atoms with E-state index in [0.717, 1.165) is 19.0 Å². The van der Waals surface area contributed by atoms with Gasteiger partial charge in [0.2, 0.25) is 0 Å². The largest absolute Gasteiger partial charge is 0.316 e. The third-order valence-electron chi connectivity index (χ3n) is 4.38. The molecule has 0 rings (SSSR count). The van der Waals surface area contributed by atoms with Crippen molar-refractivity contribution < 1.29 is 0 Å². The molecule has 110 valence electrons. The quantitative estimate of drug-likeness (QED) is 0.605. The first-order valence-corrected chi connectivity index (χ1v) is 7.98. The fourth-order valence-electron chi connectivity index (χ4n) is 2.48. The summed E-state index contributed by atoms with van der Waals surface area (Å²) in [6, 6.07) is 0. The van der Waals surface area contributed by atoms with Crippen LogP contribution in [0, 0.1) is 11.3 Å². The number of hydrogen-bond donors (Lipinski definition) is 1. The van der Waals surface area contributed by atoms with Crippen molar-refractivity contribution in [1.29, 1.82) is 0 Å². The molecule has 0 saturated heterocycles. The summed E-state index contributed by atoms with van der Waals surface area (Å²) in [6.45, 7) is 19.8. The van der Waals surface area contributed by atoms with Crippen LogP contribution in [-0.4, -0.2) is 37.6 Å². The van der Waals surface area contributed by atoms with Crippen molar-refractivity contribution in [3.8, 4) is 0 Å². The van der Waals surface area contributed by atoms with Gasteiger partial charge in [0.15, 0.2) is 0 Å². The Balaban J connectivity index is 4.37. The maximum Gasteiger partial charge on any atom is 0.00474 e. The monoisotopic (exact) mass is 256 g/mol. The Kier molecular flexibility index (Phi) is 9.76. The maximum atomic E-state index is 3.52. The molecule has 0 amide bonds. The fourth-order valence-corrected chi connectivity index (χ4v) is 2.48. The Morgan fingerprint density at radius 2 is 1.67 bits per heavy atom. The predicted molar refractivity (Wildman–Crippen MR) is 83.1 cm³/mol. The number of nitrogens with zero attached hydrogens (tertiary/aromatic N) is 1. The summed E-state index contributed by atoms with van der Waals surface area (Å²) in [6.07, 6.45) is 3.87. The normalized spacial score (nSPS) is 15.3. The zero-order valence-electron chi connectivity index (χ0n) is 13.7. The number of hydrogen-bond acceptors (Lipinski definition) is 2. The summed E-state index contributed by atoms with van der Waals surface area (Å²) in [4.78, 5) is 2.65. The van der Waals surface area contributed by atoms with Gasteiger partial charge in [-0.25, -0.2) is 0 Å². The van der Waals surface area contributed by atoms with E-state index in [9.17, 15) is 0 Å². The summed E-state index contributed by atoms with van der Waals surface area (Å²) in [5.41, 5.74) is 0.415. The molecule has 0 aliphatic heterocycles. The molecule has 0 spiro atoms. The molecule has 0 aromatic rings. The molecule has 18 heavy (non-hydrogen) atoms. The molecule has 0 aromatic carbocycles. The second-order valence-electron chi connectivity index (χ2n) is 5.95. The highest BCUT2D eigenvalue weighted by molar-refractivity contribution is 4.80. The molecule has 0 aromatic heterocycles. The van der Waals surface area contributed by atoms with E-state index in [4.69, 9.17) is 0 Å². The number of nitrogens with one attached hydrogen (secondary N) is 1. The van der Waals surface area contributed by atoms with Crippen LogP contribution < -0.4 is 5.32 Å². The van der Waals surface area contributed by atoms with E-state index in [1.54, 1.807) is 0 Å². The molecular formula is C16H36N2. The molecule has 0 aliphatic rings. The lowest BCUT2D eigenvalue weighted by Crippen LogP contribution is -2.43. The molecule has 0 aliphatic carbocycles. The maximum absolute atomic E-state index is 3.52. The molecule has 1 atom stereocenters. The minimum Gasteiger partial charge on any atom is -0.316 e. The van der Waals surface area contributed by atoms with E-state index in [-0.39, 0.29) is 0 Å². The lowest BCUT2D eigenvalue weighted by molar-refractivity contribution is 0.140. The first-order valence-electron chi connectivity index (χ1n) is 7.98. The Morgan fingerprint density at radius 1 is 1.06 bits per heavy atom. The van der Waals surface area contributed by atoms with Crippen LogP contribution in [0.15, 0.2) is 0 Å². The van der Waals surface area contributed by atoms with Gasteiger partial charge in [0, 0.05) is 19.6 Å². The van der Waals surface area contributed by atoms with E-state index in [0.29, 0.717) is 5.41 Å². The molecule has 0 heterocycles. The Labute approximate surface area is 116 Å². The van der Waals surface area contributed by atoms with Crippen molar-refractivity contribution in [2.24, 2.45) is 11.3 Å². The van der Waals surface area contributed by atoms with Crippen LogP contribution >= 0.6 is 0 Å². The molecule has 0 saturated carbocycles. The first-order chi connectivity index (χ1) is 8.55. The van der Waals surface area contributed by atoms with E-state index in [1.165, 1.54) is 38.9 Å². The topological polar surface area (TPSA) is 15.3 Å². The van der Waals surface area contributed by atoms with Crippen molar-refractivity contribution in [2.75, 3.05) is 32.7 Å². The highest BCUT2D eigenvalue weighted by atomic mass is 15.1. The highest BCUT2D eigenvalue weighted by Gasteiger charge is 2.25. The van der Waals surface area contributed by atoms with Crippen LogP contribution in [0.2, 0.25) is 0 Å². The van der Waals surface area contributed by atoms with Crippen LogP contribution in [0.1, 0.15) is 60.8 Å². The lowest BCUT2D eigenvalue weighted by Gasteiger charge is -2.36. The van der Waals surface area contributed by atoms with Crippen molar-refractivity contribution in [3.05, 3.63) is 0 Å². The zero-order chi connectivity index (χ0) is 14.0. The van der Waals surface area contributed by atoms with E-state index in [2.05, 4.69) is 51.8 Å². The second kappa shape index (κ2) is 9.80. The zero-order valence-corrected chi connectivity index (χ0v) is 13.7. The summed E-state index contributed by atoms with van der Waals surface area (Å²) in [5.74, 6) is 0.866. The van der Waals surface area contributed by atoms with Gasteiger partial charge in [-0.2, -0.15) is 0 Å². The molecule has 2 heteroatoms. The second-order valence-corrected chi connectivity index (χ2v) is 5.95. The summed E-state index contributed by atoms with van der Waals surface area (Å²) in [5, 5.41) is 3.52. The smallest absolute Gasteiger partial charge is 0.00474 e. The Morgan fingerprint density at radius 3 is 2.06 bits per heavy atom. The van der Waals surface area contributed by atoms with Crippen LogP contribution in [0.5, 0.6) is 0 Å². The van der Waals surface area contributed by atoms with E-state index in [1.807, 2.05) is 0 Å². The predicted octanol–water partition coefficient (Wildman–Crippen LogP) is 3.77. The molecule has 0 fully saturated rings. The van der Waals surface area contributed by atoms with Gasteiger partial charge in [-0.15, -0.1) is 0 Å². The van der Waals surface area contributed by atoms with Gasteiger partial charge < -0.3 is 10.2 Å². The van der Waals surface area contributed by atoms with Crippen LogP contribution in [0.4, 0.5) is 0 Å². The minimum absolute atomic E-state index is 0.415. The van der Waals surface area contributed by atoms with E-state index >= 15 is 0 Å². The van der Waals surface area contributed by atoms with Crippen molar-refractivity contribution in [2.45, 2.75) is 60.8 Å². The van der Waals surface area contributed by atoms with Crippen LogP contribution in [-0.2, 0) is 0 Å². The third kappa shape index (κ3) is 6.75. The van der Waals surface area contributed by atoms with Crippen LogP contribution in [0.3, 0.4) is 0 Å². The fraction of sp³-hybridized carbons (Fsp3) is 1.00. The number of rotatable bonds is 11. The summed E-state index contributed by atoms with van der Waals surface area (Å²) >= 11 is 0. The minimum atomic E-state index is 0.415. The van der Waals surface area contributed by atoms with Gasteiger partial charge in [0.25, 0.3) is 0 Å². The summed E-state index contributed by atoms with van der Waals surface area (Å²) in [7, 11) is 0. The van der Waals surface area contributed by atoms with Gasteiger partial charge >= 0.3 is 0 Å². The van der Waals surface area contributed by atoms with Crippen molar-refractivity contribution >= 4 is 0 Å². The van der Waals surface area contributed by atoms with Crippen LogP contribution in [0.25, 0.3) is 0 Å². The molecule has 0 bridgehead atoms. The highest BCUT2D eigenvalue weighted by Crippen LogP contribution is 2.23. The molecule has 0 radical (unpaired) electrons. The Hall–Kier alpha value is -0.0800.